The average molecular weight is 182 g/mol. The zero-order valence-corrected chi connectivity index (χ0v) is 6.54. The van der Waals surface area contributed by atoms with Crippen LogP contribution in [0.15, 0.2) is 0 Å². The molecule has 0 aliphatic heterocycles. The molecule has 0 heterocycles. The molecule has 0 amide bonds. The minimum absolute atomic E-state index is 0. The van der Waals surface area contributed by atoms with Crippen molar-refractivity contribution in [3.8, 4) is 0 Å². The van der Waals surface area contributed by atoms with Gasteiger partial charge in [0, 0.05) is 0 Å². The van der Waals surface area contributed by atoms with Crippen molar-refractivity contribution in [3.63, 3.8) is 0 Å². The standard InChI is InChI=1S/C3H8.Na.H2O3S2.H/c1-3-2;;1-5(2,3)4;/h3H2,1-2H3;;(H2,1,2,3,4);. The van der Waals surface area contributed by atoms with Gasteiger partial charge in [0.25, 0.3) is 0 Å². The zero-order chi connectivity index (χ0) is 7.21. The second kappa shape index (κ2) is 9.26. The molecule has 0 spiro atoms. The molecule has 0 aromatic carbocycles. The SMILES string of the molecule is CCC.O=S(=O)(O)S.[NaH]. The minimum atomic E-state index is -3.97. The van der Waals surface area contributed by atoms with Crippen LogP contribution in [0.2, 0.25) is 0 Å². The Hall–Kier alpha value is 1.26. The normalized spacial score (nSPS) is 8.44. The van der Waals surface area contributed by atoms with E-state index in [1.165, 1.54) is 6.42 Å². The summed E-state index contributed by atoms with van der Waals surface area (Å²) in [6, 6.07) is 0. The molecular weight excluding hydrogens is 171 g/mol. The first-order chi connectivity index (χ1) is 3.41. The molecule has 0 aromatic heterocycles. The van der Waals surface area contributed by atoms with Gasteiger partial charge in [-0.25, -0.2) is 0 Å². The Morgan fingerprint density at radius 2 is 1.44 bits per heavy atom. The van der Waals surface area contributed by atoms with Gasteiger partial charge >= 0.3 is 38.7 Å². The van der Waals surface area contributed by atoms with Gasteiger partial charge in [0.1, 0.15) is 0 Å². The van der Waals surface area contributed by atoms with Crippen LogP contribution < -0.4 is 0 Å². The van der Waals surface area contributed by atoms with Crippen LogP contribution in [0.4, 0.5) is 0 Å². The summed E-state index contributed by atoms with van der Waals surface area (Å²) in [6.45, 7) is 4.25. The van der Waals surface area contributed by atoms with Gasteiger partial charge in [-0.3, -0.25) is 4.55 Å². The third kappa shape index (κ3) is 307. The number of hydrogen-bond donors (Lipinski definition) is 2. The molecule has 0 aliphatic rings. The molecule has 0 aliphatic carbocycles. The topological polar surface area (TPSA) is 54.4 Å². The first kappa shape index (κ1) is 16.7. The number of thiol groups is 1. The van der Waals surface area contributed by atoms with E-state index in [9.17, 15) is 0 Å². The van der Waals surface area contributed by atoms with Gasteiger partial charge < -0.3 is 0 Å². The first-order valence-electron chi connectivity index (χ1n) is 2.11. The molecule has 0 aromatic rings. The summed E-state index contributed by atoms with van der Waals surface area (Å²) in [4.78, 5) is 0. The monoisotopic (exact) mass is 182 g/mol. The second-order valence-electron chi connectivity index (χ2n) is 1.15. The van der Waals surface area contributed by atoms with Crippen LogP contribution in [-0.2, 0) is 9.15 Å². The molecule has 0 saturated carbocycles. The Morgan fingerprint density at radius 3 is 1.44 bits per heavy atom. The van der Waals surface area contributed by atoms with E-state index in [0.29, 0.717) is 0 Å². The average Bonchev–Trinajstić information content (AvgIpc) is 1.27. The third-order valence-electron chi connectivity index (χ3n) is 0. The van der Waals surface area contributed by atoms with E-state index >= 15 is 0 Å². The Morgan fingerprint density at radius 1 is 1.44 bits per heavy atom. The van der Waals surface area contributed by atoms with E-state index in [4.69, 9.17) is 13.0 Å². The molecule has 0 bridgehead atoms. The van der Waals surface area contributed by atoms with Crippen LogP contribution in [0.5, 0.6) is 0 Å². The van der Waals surface area contributed by atoms with Crippen molar-refractivity contribution in [2.24, 2.45) is 0 Å². The van der Waals surface area contributed by atoms with E-state index in [0.717, 1.165) is 0 Å². The molecule has 0 radical (unpaired) electrons. The van der Waals surface area contributed by atoms with Crippen LogP contribution in [0.3, 0.4) is 0 Å². The van der Waals surface area contributed by atoms with Gasteiger partial charge in [0.05, 0.1) is 0 Å². The summed E-state index contributed by atoms with van der Waals surface area (Å²) in [5, 5.41) is 0. The van der Waals surface area contributed by atoms with Gasteiger partial charge in [-0.2, -0.15) is 8.42 Å². The van der Waals surface area contributed by atoms with Crippen molar-refractivity contribution in [2.45, 2.75) is 20.3 Å². The Bertz CT molecular complexity index is 111. The third-order valence-corrected chi connectivity index (χ3v) is 0. The summed E-state index contributed by atoms with van der Waals surface area (Å²) >= 11 is 2.65. The predicted octanol–water partition coefficient (Wildman–Crippen LogP) is 0.487. The number of rotatable bonds is 0. The van der Waals surface area contributed by atoms with Gasteiger partial charge in [-0.1, -0.05) is 20.3 Å². The van der Waals surface area contributed by atoms with Crippen LogP contribution in [-0.4, -0.2) is 42.5 Å². The number of hydrogen-bond acceptors (Lipinski definition) is 2. The summed E-state index contributed by atoms with van der Waals surface area (Å²) < 4.78 is 25.5. The molecule has 0 rings (SSSR count). The van der Waals surface area contributed by atoms with Crippen LogP contribution in [0.1, 0.15) is 20.3 Å². The maximum atomic E-state index is 9.05. The molecule has 0 saturated heterocycles. The van der Waals surface area contributed by atoms with Gasteiger partial charge in [-0.05, 0) is 11.7 Å². The van der Waals surface area contributed by atoms with Crippen molar-refractivity contribution >= 4 is 50.4 Å². The molecule has 3 nitrogen and oxygen atoms in total. The van der Waals surface area contributed by atoms with Crippen molar-refractivity contribution in [3.05, 3.63) is 0 Å². The molecule has 0 unspecified atom stereocenters. The summed E-state index contributed by atoms with van der Waals surface area (Å²) in [5.41, 5.74) is 0. The van der Waals surface area contributed by atoms with Gasteiger partial charge in [0.15, 0.2) is 0 Å². The molecule has 9 heavy (non-hydrogen) atoms. The second-order valence-corrected chi connectivity index (χ2v) is 3.43. The first-order valence-corrected chi connectivity index (χ1v) is 4.61. The molecule has 0 fully saturated rings. The molecule has 0 atom stereocenters. The zero-order valence-electron chi connectivity index (χ0n) is 4.83. The van der Waals surface area contributed by atoms with Crippen molar-refractivity contribution in [2.75, 3.05) is 0 Å². The van der Waals surface area contributed by atoms with E-state index in [2.05, 4.69) is 25.5 Å². The Kier molecular flexibility index (Phi) is 17.2. The van der Waals surface area contributed by atoms with E-state index < -0.39 is 9.15 Å². The van der Waals surface area contributed by atoms with Crippen molar-refractivity contribution < 1.29 is 13.0 Å². The van der Waals surface area contributed by atoms with Crippen LogP contribution in [0.25, 0.3) is 0 Å². The van der Waals surface area contributed by atoms with Crippen LogP contribution in [0, 0.1) is 0 Å². The van der Waals surface area contributed by atoms with Gasteiger partial charge in [-0.15, -0.1) is 0 Å². The molecule has 6 heteroatoms. The molecular formula is C3H11NaO3S2. The summed E-state index contributed by atoms with van der Waals surface area (Å²) in [7, 11) is -3.97. The van der Waals surface area contributed by atoms with Crippen molar-refractivity contribution in [1.29, 1.82) is 0 Å². The quantitative estimate of drug-likeness (QED) is 0.248. The fourth-order valence-corrected chi connectivity index (χ4v) is 0. The van der Waals surface area contributed by atoms with Crippen LogP contribution >= 0.6 is 11.7 Å². The Balaban J connectivity index is -0.0000000800. The molecule has 1 N–H and O–H groups in total. The summed E-state index contributed by atoms with van der Waals surface area (Å²) in [6.07, 6.45) is 1.25. The fourth-order valence-electron chi connectivity index (χ4n) is 0. The van der Waals surface area contributed by atoms with Gasteiger partial charge in [0.2, 0.25) is 0 Å². The molecule has 54 valence electrons. The summed E-state index contributed by atoms with van der Waals surface area (Å²) in [5.74, 6) is 0. The van der Waals surface area contributed by atoms with Crippen molar-refractivity contribution in [1.82, 2.24) is 0 Å². The predicted molar refractivity (Wildman–Crippen MR) is 43.6 cm³/mol. The Labute approximate surface area is 83.1 Å². The van der Waals surface area contributed by atoms with E-state index in [1.807, 2.05) is 0 Å². The fraction of sp³-hybridized carbons (Fsp3) is 1.00. The maximum absolute atomic E-state index is 9.05. The van der Waals surface area contributed by atoms with E-state index in [-0.39, 0.29) is 29.6 Å². The van der Waals surface area contributed by atoms with E-state index in [1.54, 1.807) is 0 Å².